The van der Waals surface area contributed by atoms with Crippen LogP contribution in [-0.2, 0) is 4.79 Å². The molecule has 3 rings (SSSR count). The minimum atomic E-state index is 0.190. The van der Waals surface area contributed by atoms with Crippen molar-refractivity contribution in [2.45, 2.75) is 6.92 Å². The molecule has 23 heavy (non-hydrogen) atoms. The Morgan fingerprint density at radius 1 is 0.826 bits per heavy atom. The number of piperidine rings is 1. The molecule has 0 bridgehead atoms. The van der Waals surface area contributed by atoms with Gasteiger partial charge in [0, 0.05) is 0 Å². The maximum absolute atomic E-state index is 12.8. The summed E-state index contributed by atoms with van der Waals surface area (Å²) in [5.41, 5.74) is 3.99. The molecule has 0 saturated carbocycles. The average Bonchev–Trinajstić information content (AvgIpc) is 2.60. The van der Waals surface area contributed by atoms with Crippen LogP contribution in [0.25, 0.3) is 12.2 Å². The predicted octanol–water partition coefficient (Wildman–Crippen LogP) is 2.64. The van der Waals surface area contributed by atoms with Gasteiger partial charge >= 0.3 is 0 Å². The van der Waals surface area contributed by atoms with Gasteiger partial charge in [-0.3, -0.25) is 4.79 Å². The van der Waals surface area contributed by atoms with E-state index in [0.29, 0.717) is 0 Å². The van der Waals surface area contributed by atoms with Crippen molar-refractivity contribution in [2.24, 2.45) is 0 Å². The first-order valence-corrected chi connectivity index (χ1v) is 8.16. The van der Waals surface area contributed by atoms with E-state index >= 15 is 0 Å². The van der Waals surface area contributed by atoms with Crippen LogP contribution in [-0.4, -0.2) is 25.4 Å². The van der Waals surface area contributed by atoms with E-state index in [-0.39, 0.29) is 5.78 Å². The second-order valence-corrected chi connectivity index (χ2v) is 5.95. The summed E-state index contributed by atoms with van der Waals surface area (Å²) in [5, 5.41) is 0. The molecule has 1 heterocycles. The van der Waals surface area contributed by atoms with E-state index in [4.69, 9.17) is 0 Å². The molecule has 2 aromatic carbocycles. The summed E-state index contributed by atoms with van der Waals surface area (Å²) in [6.07, 6.45) is 4.08. The minimum Gasteiger partial charge on any atom is -0.327 e. The molecule has 1 saturated heterocycles. The molecule has 1 N–H and O–H groups in total. The molecule has 0 aromatic heterocycles. The molecule has 0 radical (unpaired) electrons. The van der Waals surface area contributed by atoms with Crippen LogP contribution in [0, 0.1) is 0 Å². The van der Waals surface area contributed by atoms with Crippen LogP contribution in [0.1, 0.15) is 18.1 Å². The third-order valence-electron chi connectivity index (χ3n) is 4.25. The summed E-state index contributed by atoms with van der Waals surface area (Å²) in [6, 6.07) is 20.2. The predicted molar refractivity (Wildman–Crippen MR) is 95.1 cm³/mol. The van der Waals surface area contributed by atoms with Crippen LogP contribution >= 0.6 is 0 Å². The Kier molecular flexibility index (Phi) is 4.84. The Labute approximate surface area is 137 Å². The molecule has 1 fully saturated rings. The molecule has 1 atom stereocenters. The number of ketones is 1. The molecule has 0 spiro atoms. The van der Waals surface area contributed by atoms with Gasteiger partial charge in [0.05, 0.1) is 17.7 Å². The molecular formula is C21H22NO+. The molecule has 1 aliphatic heterocycles. The number of benzene rings is 2. The van der Waals surface area contributed by atoms with Crippen molar-refractivity contribution in [2.75, 3.05) is 19.6 Å². The number of rotatable bonds is 3. The van der Waals surface area contributed by atoms with Gasteiger partial charge in [-0.2, -0.15) is 0 Å². The smallest absolute Gasteiger partial charge is 0.196 e. The first-order valence-electron chi connectivity index (χ1n) is 8.16. The molecular weight excluding hydrogens is 282 g/mol. The third kappa shape index (κ3) is 3.85. The summed E-state index contributed by atoms with van der Waals surface area (Å²) < 4.78 is 0. The van der Waals surface area contributed by atoms with Crippen molar-refractivity contribution in [3.63, 3.8) is 0 Å². The van der Waals surface area contributed by atoms with Crippen LogP contribution < -0.4 is 4.90 Å². The number of likely N-dealkylation sites (tertiary alicyclic amines) is 1. The number of Topliss-reactive ketones (excluding diaryl/α,β-unsaturated/α-hetero) is 1. The highest BCUT2D eigenvalue weighted by molar-refractivity contribution is 6.14. The van der Waals surface area contributed by atoms with Gasteiger partial charge < -0.3 is 4.90 Å². The fourth-order valence-corrected chi connectivity index (χ4v) is 2.95. The van der Waals surface area contributed by atoms with E-state index in [1.165, 1.54) is 4.90 Å². The van der Waals surface area contributed by atoms with Crippen molar-refractivity contribution in [1.82, 2.24) is 0 Å². The molecule has 1 aliphatic rings. The lowest BCUT2D eigenvalue weighted by Crippen LogP contribution is -3.13. The van der Waals surface area contributed by atoms with E-state index in [0.717, 1.165) is 41.9 Å². The molecule has 2 aromatic rings. The summed E-state index contributed by atoms with van der Waals surface area (Å²) >= 11 is 0. The molecule has 116 valence electrons. The second-order valence-electron chi connectivity index (χ2n) is 5.95. The average molecular weight is 304 g/mol. The number of hydrogen-bond donors (Lipinski definition) is 1. The maximum atomic E-state index is 12.8. The molecule has 2 heteroatoms. The summed E-state index contributed by atoms with van der Waals surface area (Å²) in [5.74, 6) is 0.190. The van der Waals surface area contributed by atoms with Gasteiger partial charge in [0.2, 0.25) is 0 Å². The number of nitrogens with one attached hydrogen (secondary N) is 1. The first kappa shape index (κ1) is 15.4. The van der Waals surface area contributed by atoms with Crippen LogP contribution in [0.2, 0.25) is 0 Å². The van der Waals surface area contributed by atoms with Crippen LogP contribution in [0.15, 0.2) is 71.8 Å². The molecule has 0 aliphatic carbocycles. The second kappa shape index (κ2) is 7.21. The number of likely N-dealkylation sites (N-methyl/N-ethyl adjacent to an activating group) is 1. The van der Waals surface area contributed by atoms with Crippen molar-refractivity contribution in [3.05, 3.63) is 82.9 Å². The maximum Gasteiger partial charge on any atom is 0.196 e. The lowest BCUT2D eigenvalue weighted by molar-refractivity contribution is -0.889. The SMILES string of the molecule is CC[NH+]1C/C(=C/c2ccccc2)C(=O)/C(=C/c2ccccc2)C1. The largest absolute Gasteiger partial charge is 0.327 e. The number of carbonyl (C=O) groups excluding carboxylic acids is 1. The lowest BCUT2D eigenvalue weighted by atomic mass is 9.94. The lowest BCUT2D eigenvalue weighted by Gasteiger charge is -2.25. The van der Waals surface area contributed by atoms with E-state index in [1.807, 2.05) is 72.8 Å². The normalized spacial score (nSPS) is 21.8. The Balaban J connectivity index is 1.94. The number of hydrogen-bond acceptors (Lipinski definition) is 1. The fourth-order valence-electron chi connectivity index (χ4n) is 2.95. The van der Waals surface area contributed by atoms with Gasteiger partial charge in [-0.05, 0) is 30.2 Å². The van der Waals surface area contributed by atoms with Gasteiger partial charge in [0.1, 0.15) is 13.1 Å². The zero-order valence-electron chi connectivity index (χ0n) is 13.5. The van der Waals surface area contributed by atoms with E-state index in [9.17, 15) is 4.79 Å². The summed E-state index contributed by atoms with van der Waals surface area (Å²) in [6.45, 7) is 4.80. The Bertz CT molecular complexity index is 667. The van der Waals surface area contributed by atoms with Crippen LogP contribution in [0.5, 0.6) is 0 Å². The van der Waals surface area contributed by atoms with Gasteiger partial charge in [-0.15, -0.1) is 0 Å². The Morgan fingerprint density at radius 3 is 1.65 bits per heavy atom. The summed E-state index contributed by atoms with van der Waals surface area (Å²) in [4.78, 5) is 14.3. The molecule has 0 amide bonds. The first-order chi connectivity index (χ1) is 11.3. The van der Waals surface area contributed by atoms with Crippen LogP contribution in [0.4, 0.5) is 0 Å². The van der Waals surface area contributed by atoms with Crippen molar-refractivity contribution >= 4 is 17.9 Å². The quantitative estimate of drug-likeness (QED) is 0.865. The minimum absolute atomic E-state index is 0.190. The monoisotopic (exact) mass is 304 g/mol. The zero-order chi connectivity index (χ0) is 16.1. The van der Waals surface area contributed by atoms with Gasteiger partial charge in [-0.1, -0.05) is 60.7 Å². The highest BCUT2D eigenvalue weighted by Crippen LogP contribution is 2.15. The highest BCUT2D eigenvalue weighted by Gasteiger charge is 2.28. The van der Waals surface area contributed by atoms with E-state index in [1.54, 1.807) is 0 Å². The molecule has 1 unspecified atom stereocenters. The van der Waals surface area contributed by atoms with Gasteiger partial charge in [-0.25, -0.2) is 0 Å². The Hall–Kier alpha value is -2.45. The van der Waals surface area contributed by atoms with Crippen molar-refractivity contribution in [1.29, 1.82) is 0 Å². The van der Waals surface area contributed by atoms with Gasteiger partial charge in [0.25, 0.3) is 0 Å². The van der Waals surface area contributed by atoms with E-state index < -0.39 is 0 Å². The van der Waals surface area contributed by atoms with Gasteiger partial charge in [0.15, 0.2) is 5.78 Å². The van der Waals surface area contributed by atoms with E-state index in [2.05, 4.69) is 6.92 Å². The number of quaternary nitrogens is 1. The standard InChI is InChI=1S/C21H21NO/c1-2-22-15-19(13-17-9-5-3-6-10-17)21(23)20(16-22)14-18-11-7-4-8-12-18/h3-14H,2,15-16H2,1H3/p+1/b19-13-,20-14+. The summed E-state index contributed by atoms with van der Waals surface area (Å²) in [7, 11) is 0. The zero-order valence-corrected chi connectivity index (χ0v) is 13.5. The van der Waals surface area contributed by atoms with Crippen molar-refractivity contribution in [3.8, 4) is 0 Å². The van der Waals surface area contributed by atoms with Crippen LogP contribution in [0.3, 0.4) is 0 Å². The number of carbonyl (C=O) groups is 1. The van der Waals surface area contributed by atoms with Crippen molar-refractivity contribution < 1.29 is 9.69 Å². The third-order valence-corrected chi connectivity index (χ3v) is 4.25. The molecule has 2 nitrogen and oxygen atoms in total. The topological polar surface area (TPSA) is 21.5 Å². The highest BCUT2D eigenvalue weighted by atomic mass is 16.1. The Morgan fingerprint density at radius 2 is 1.26 bits per heavy atom. The fraction of sp³-hybridized carbons (Fsp3) is 0.190.